The van der Waals surface area contributed by atoms with Gasteiger partial charge in [0.25, 0.3) is 6.29 Å². The van der Waals surface area contributed by atoms with Crippen LogP contribution in [0.5, 0.6) is 0 Å². The van der Waals surface area contributed by atoms with Gasteiger partial charge in [-0.1, -0.05) is 335 Å². The van der Waals surface area contributed by atoms with Crippen molar-refractivity contribution in [1.82, 2.24) is 0 Å². The maximum Gasteiger partial charge on any atom is 0.361 e. The van der Waals surface area contributed by atoms with Crippen LogP contribution in [0.25, 0.3) is 0 Å². The highest BCUT2D eigenvalue weighted by atomic mass is 16.7. The fraction of sp³-hybridized carbons (Fsp3) is 0.576. The first-order valence-electron chi connectivity index (χ1n) is 39.9. The highest BCUT2D eigenvalue weighted by molar-refractivity contribution is 5.71. The lowest BCUT2D eigenvalue weighted by molar-refractivity contribution is -0.870. The minimum atomic E-state index is -1.53. The average Bonchev–Trinajstić information content (AvgIpc) is 1.25. The molecule has 566 valence electrons. The molecule has 0 rings (SSSR count). The summed E-state index contributed by atoms with van der Waals surface area (Å²) in [6.07, 6.45) is 122. The van der Waals surface area contributed by atoms with Gasteiger partial charge in [0.1, 0.15) is 13.2 Å². The lowest BCUT2D eigenvalue weighted by Crippen LogP contribution is -2.40. The molecule has 0 bridgehead atoms. The Balaban J connectivity index is 4.17. The maximum atomic E-state index is 13.0. The summed E-state index contributed by atoms with van der Waals surface area (Å²) in [5, 5.41) is 9.77. The molecule has 0 radical (unpaired) electrons. The number of hydrogen-bond acceptors (Lipinski definition) is 7. The Morgan fingerprint density at radius 2 is 0.535 bits per heavy atom. The Kier molecular flexibility index (Phi) is 74.3. The number of allylic oxidation sites excluding steroid dienone is 36. The molecule has 101 heavy (non-hydrogen) atoms. The Morgan fingerprint density at radius 1 is 0.297 bits per heavy atom. The molecule has 0 saturated carbocycles. The smallest absolute Gasteiger partial charge is 0.361 e. The van der Waals surface area contributed by atoms with Gasteiger partial charge in [0.15, 0.2) is 6.10 Å². The molecule has 0 aromatic rings. The number of ether oxygens (including phenoxy) is 4. The van der Waals surface area contributed by atoms with Crippen molar-refractivity contribution in [3.63, 3.8) is 0 Å². The molecule has 0 aromatic heterocycles. The van der Waals surface area contributed by atoms with Crippen LogP contribution in [0, 0.1) is 0 Å². The molecule has 2 unspecified atom stereocenters. The van der Waals surface area contributed by atoms with E-state index in [2.05, 4.69) is 233 Å². The maximum absolute atomic E-state index is 13.0. The molecule has 0 aliphatic carbocycles. The fourth-order valence-corrected chi connectivity index (χ4v) is 10.2. The number of quaternary nitrogens is 1. The highest BCUT2D eigenvalue weighted by Crippen LogP contribution is 2.16. The van der Waals surface area contributed by atoms with Crippen molar-refractivity contribution in [3.05, 3.63) is 219 Å². The summed E-state index contributed by atoms with van der Waals surface area (Å²) < 4.78 is 23.0. The first-order chi connectivity index (χ1) is 49.6. The zero-order valence-corrected chi connectivity index (χ0v) is 64.7. The van der Waals surface area contributed by atoms with Crippen LogP contribution in [-0.2, 0) is 33.3 Å². The van der Waals surface area contributed by atoms with Crippen LogP contribution in [0.15, 0.2) is 219 Å². The molecule has 1 N–H and O–H groups in total. The van der Waals surface area contributed by atoms with Gasteiger partial charge in [0.05, 0.1) is 34.4 Å². The average molecular weight is 1390 g/mol. The number of unbranched alkanes of at least 4 members (excludes halogenated alkanes) is 20. The highest BCUT2D eigenvalue weighted by Gasteiger charge is 2.25. The van der Waals surface area contributed by atoms with E-state index in [4.69, 9.17) is 18.9 Å². The third-order valence-electron chi connectivity index (χ3n) is 16.2. The Labute approximate surface area is 619 Å². The van der Waals surface area contributed by atoms with Crippen molar-refractivity contribution in [3.8, 4) is 0 Å². The minimum absolute atomic E-state index is 0.171. The van der Waals surface area contributed by atoms with Gasteiger partial charge in [-0.05, 0) is 154 Å². The van der Waals surface area contributed by atoms with Crippen molar-refractivity contribution < 1.29 is 42.9 Å². The molecule has 0 heterocycles. The van der Waals surface area contributed by atoms with Crippen LogP contribution in [0.4, 0.5) is 0 Å². The molecule has 0 fully saturated rings. The predicted octanol–water partition coefficient (Wildman–Crippen LogP) is 26.0. The number of carboxylic acids is 1. The molecule has 0 aliphatic heterocycles. The molecule has 2 atom stereocenters. The number of nitrogens with zero attached hydrogens (tertiary/aromatic N) is 1. The first kappa shape index (κ1) is 94.6. The molecule has 0 aliphatic rings. The Hall–Kier alpha value is -6.39. The summed E-state index contributed by atoms with van der Waals surface area (Å²) in [5.74, 6) is -2.07. The second-order valence-corrected chi connectivity index (χ2v) is 26.9. The van der Waals surface area contributed by atoms with Crippen LogP contribution in [0.1, 0.15) is 284 Å². The van der Waals surface area contributed by atoms with Gasteiger partial charge in [-0.2, -0.15) is 0 Å². The number of hydrogen-bond donors (Lipinski definition) is 1. The SMILES string of the molecule is CC/C=C\C/C=C\C/C=C\C/C=C\C/C=C\C/C=C\C/C=C\C/C=C\C/C=C\C/C=C\C/C=C\CCCCCC(=O)OC(COC(=O)CCCCCCCCCCCCCCCCCCC/C=C\C/C=C\C/C=C\C/C=C\C/C=C\C/C=C\C/C=C\CC)COC(OCC[N+](C)(C)C)C(=O)O. The van der Waals surface area contributed by atoms with Gasteiger partial charge >= 0.3 is 17.9 Å². The van der Waals surface area contributed by atoms with Gasteiger partial charge in [-0.3, -0.25) is 9.59 Å². The van der Waals surface area contributed by atoms with E-state index in [0.29, 0.717) is 17.4 Å². The molecular formula is C92H146NO8+. The van der Waals surface area contributed by atoms with Crippen molar-refractivity contribution in [1.29, 1.82) is 0 Å². The van der Waals surface area contributed by atoms with E-state index in [1.807, 2.05) is 21.1 Å². The van der Waals surface area contributed by atoms with E-state index >= 15 is 0 Å². The second-order valence-electron chi connectivity index (χ2n) is 26.9. The minimum Gasteiger partial charge on any atom is -0.477 e. The predicted molar refractivity (Wildman–Crippen MR) is 437 cm³/mol. The lowest BCUT2D eigenvalue weighted by atomic mass is 10.0. The van der Waals surface area contributed by atoms with E-state index in [1.54, 1.807) is 0 Å². The van der Waals surface area contributed by atoms with E-state index in [0.717, 1.165) is 154 Å². The Morgan fingerprint density at radius 3 is 0.802 bits per heavy atom. The van der Waals surface area contributed by atoms with Crippen LogP contribution in [0.2, 0.25) is 0 Å². The summed E-state index contributed by atoms with van der Waals surface area (Å²) >= 11 is 0. The van der Waals surface area contributed by atoms with Crippen molar-refractivity contribution >= 4 is 17.9 Å². The van der Waals surface area contributed by atoms with E-state index < -0.39 is 24.3 Å². The standard InChI is InChI=1S/C92H145NO8/c1-6-8-10-12-14-16-18-20-22-24-26-28-30-32-34-36-38-40-42-44-45-47-48-50-52-54-56-58-60-62-64-66-68-70-72-74-76-78-80-82-89(94)99-86-88(87-100-92(91(96)97)98-85-84-93(3,4)5)101-90(95)83-81-79-77-75-73-71-69-67-65-63-61-59-57-55-53-51-49-46-43-41-39-37-35-33-31-29-27-25-23-21-19-17-15-13-11-9-7-2/h8-11,14-17,20-23,26-29,32-35,38-41,44-46,49,53,55,59,61,65,67,71,73,88,92H,6-7,12-13,18-19,24-25,30-31,36-37,42-43,47-48,50-52,54,56-58,60,62-64,66,68-70,72,74-87H2,1-5H3/p+1/b10-8-,11-9-,16-14-,17-15-,22-20-,23-21-,28-26-,29-27-,34-32-,35-33-,40-38-,41-39-,45-44-,49-46-,55-53-,61-59-,67-65-,73-71-. The molecule has 9 heteroatoms. The number of carbonyl (C=O) groups excluding carboxylic acids is 2. The quantitative estimate of drug-likeness (QED) is 0.0211. The first-order valence-corrected chi connectivity index (χ1v) is 39.9. The summed E-state index contributed by atoms with van der Waals surface area (Å²) in [5.41, 5.74) is 0. The zero-order chi connectivity index (χ0) is 73.2. The molecular weight excluding hydrogens is 1250 g/mol. The second kappa shape index (κ2) is 79.3. The molecule has 9 nitrogen and oxygen atoms in total. The zero-order valence-electron chi connectivity index (χ0n) is 64.7. The number of rotatable bonds is 71. The molecule has 0 spiro atoms. The van der Waals surface area contributed by atoms with Gasteiger partial charge in [-0.25, -0.2) is 4.79 Å². The van der Waals surface area contributed by atoms with Gasteiger partial charge in [0, 0.05) is 12.8 Å². The Bertz CT molecular complexity index is 2470. The van der Waals surface area contributed by atoms with Crippen LogP contribution in [0.3, 0.4) is 0 Å². The molecule has 0 saturated heterocycles. The van der Waals surface area contributed by atoms with Gasteiger partial charge in [0.2, 0.25) is 0 Å². The number of carbonyl (C=O) groups is 3. The number of carboxylic acid groups (broad SMARTS) is 1. The molecule has 0 aromatic carbocycles. The number of esters is 2. The summed E-state index contributed by atoms with van der Waals surface area (Å²) in [6, 6.07) is 0. The summed E-state index contributed by atoms with van der Waals surface area (Å²) in [4.78, 5) is 37.7. The monoisotopic (exact) mass is 1390 g/mol. The molecule has 0 amide bonds. The lowest BCUT2D eigenvalue weighted by Gasteiger charge is -2.25. The van der Waals surface area contributed by atoms with E-state index in [9.17, 15) is 19.5 Å². The summed E-state index contributed by atoms with van der Waals surface area (Å²) in [6.45, 7) is 4.60. The number of aliphatic carboxylic acids is 1. The normalized spacial score (nSPS) is 13.9. The van der Waals surface area contributed by atoms with Crippen LogP contribution < -0.4 is 0 Å². The van der Waals surface area contributed by atoms with Crippen molar-refractivity contribution in [2.75, 3.05) is 47.5 Å². The van der Waals surface area contributed by atoms with E-state index in [-0.39, 0.29) is 38.6 Å². The van der Waals surface area contributed by atoms with Crippen molar-refractivity contribution in [2.24, 2.45) is 0 Å². The van der Waals surface area contributed by atoms with Crippen molar-refractivity contribution in [2.45, 2.75) is 296 Å². The summed E-state index contributed by atoms with van der Waals surface area (Å²) in [7, 11) is 5.96. The third-order valence-corrected chi connectivity index (χ3v) is 16.2. The van der Waals surface area contributed by atoms with Crippen LogP contribution in [-0.4, -0.2) is 87.4 Å². The van der Waals surface area contributed by atoms with Crippen LogP contribution >= 0.6 is 0 Å². The largest absolute Gasteiger partial charge is 0.477 e. The van der Waals surface area contributed by atoms with E-state index in [1.165, 1.54) is 96.3 Å². The van der Waals surface area contributed by atoms with Gasteiger partial charge < -0.3 is 28.5 Å². The topological polar surface area (TPSA) is 108 Å². The van der Waals surface area contributed by atoms with Gasteiger partial charge in [-0.15, -0.1) is 0 Å². The fourth-order valence-electron chi connectivity index (χ4n) is 10.2. The number of likely N-dealkylation sites (N-methyl/N-ethyl adjacent to an activating group) is 1. The third kappa shape index (κ3) is 80.8.